The summed E-state index contributed by atoms with van der Waals surface area (Å²) in [4.78, 5) is 30.4. The maximum absolute atomic E-state index is 13.1. The highest BCUT2D eigenvalue weighted by molar-refractivity contribution is 9.11. The summed E-state index contributed by atoms with van der Waals surface area (Å²) in [6, 6.07) is 10.5. The number of carbonyl (C=O) groups is 2. The fourth-order valence-corrected chi connectivity index (χ4v) is 5.35. The maximum atomic E-state index is 13.1. The molecule has 1 aliphatic heterocycles. The summed E-state index contributed by atoms with van der Waals surface area (Å²) >= 11 is 8.13. The Morgan fingerprint density at radius 2 is 1.94 bits per heavy atom. The molecule has 1 aromatic heterocycles. The molecule has 0 saturated carbocycles. The first kappa shape index (κ1) is 22.7. The van der Waals surface area contributed by atoms with E-state index in [4.69, 9.17) is 4.74 Å². The molecule has 1 atom stereocenters. The molecule has 164 valence electrons. The van der Waals surface area contributed by atoms with Crippen molar-refractivity contribution >= 4 is 61.2 Å². The summed E-state index contributed by atoms with van der Waals surface area (Å²) < 4.78 is 8.18. The number of fused-ring (bicyclic) bond motifs is 3. The van der Waals surface area contributed by atoms with Gasteiger partial charge >= 0.3 is 5.97 Å². The number of aromatic nitrogens is 3. The number of carbonyl (C=O) groups excluding carboxylic acids is 2. The lowest BCUT2D eigenvalue weighted by atomic mass is 10.0. The van der Waals surface area contributed by atoms with Crippen LogP contribution in [0.5, 0.6) is 11.6 Å². The summed E-state index contributed by atoms with van der Waals surface area (Å²) in [6.07, 6.45) is 0.859. The number of hydrogen-bond donors (Lipinski definition) is 0. The number of esters is 1. The molecular formula is C21H16Br2N4O4S. The molecule has 3 aromatic rings. The molecule has 0 saturated heterocycles. The summed E-state index contributed by atoms with van der Waals surface area (Å²) in [6.45, 7) is 2.73. The standard InChI is InChI=1S/C21H16Br2N4O4S/c1-10(28)26-16-7-5-4-6-13(16)17-19(30)24-21(32-3)25-27(17)20(26)14-8-12(22)9-15(23)18(14)31-11(2)29/h4-9,20H,1-3H3. The van der Waals surface area contributed by atoms with Crippen LogP contribution >= 0.6 is 43.6 Å². The predicted octanol–water partition coefficient (Wildman–Crippen LogP) is 3.59. The number of anilines is 1. The maximum Gasteiger partial charge on any atom is 0.308 e. The largest absolute Gasteiger partial charge is 0.854 e. The second kappa shape index (κ2) is 8.80. The van der Waals surface area contributed by atoms with Crippen molar-refractivity contribution in [3.63, 3.8) is 0 Å². The fourth-order valence-electron chi connectivity index (χ4n) is 3.67. The van der Waals surface area contributed by atoms with Gasteiger partial charge in [-0.3, -0.25) is 9.59 Å². The Balaban J connectivity index is 2.12. The van der Waals surface area contributed by atoms with E-state index in [-0.39, 0.29) is 22.5 Å². The molecule has 0 spiro atoms. The molecule has 2 aromatic carbocycles. The van der Waals surface area contributed by atoms with Crippen molar-refractivity contribution in [2.75, 3.05) is 11.2 Å². The van der Waals surface area contributed by atoms with Crippen molar-refractivity contribution in [2.45, 2.75) is 25.2 Å². The molecule has 11 heteroatoms. The Morgan fingerprint density at radius 3 is 2.59 bits per heavy atom. The van der Waals surface area contributed by atoms with E-state index < -0.39 is 18.0 Å². The van der Waals surface area contributed by atoms with Gasteiger partial charge in [0.05, 0.1) is 27.2 Å². The zero-order valence-electron chi connectivity index (χ0n) is 17.1. The van der Waals surface area contributed by atoms with Gasteiger partial charge in [-0.1, -0.05) is 44.5 Å². The highest BCUT2D eigenvalue weighted by Crippen LogP contribution is 2.44. The smallest absolute Gasteiger partial charge is 0.308 e. The molecule has 1 unspecified atom stereocenters. The molecule has 8 nitrogen and oxygen atoms in total. The van der Waals surface area contributed by atoms with Gasteiger partial charge in [0.2, 0.25) is 5.91 Å². The normalized spacial score (nSPS) is 14.5. The number of para-hydroxylation sites is 1. The molecule has 1 amide bonds. The topological polar surface area (TPSA) is 99.3 Å². The molecule has 2 heterocycles. The van der Waals surface area contributed by atoms with E-state index in [1.165, 1.54) is 35.2 Å². The molecule has 0 radical (unpaired) electrons. The van der Waals surface area contributed by atoms with E-state index in [9.17, 15) is 14.7 Å². The fraction of sp³-hybridized carbons (Fsp3) is 0.190. The molecule has 1 aliphatic rings. The molecule has 0 N–H and O–H groups in total. The average molecular weight is 580 g/mol. The van der Waals surface area contributed by atoms with Gasteiger partial charge in [0.15, 0.2) is 5.75 Å². The average Bonchev–Trinajstić information content (AvgIpc) is 2.73. The third kappa shape index (κ3) is 3.89. The summed E-state index contributed by atoms with van der Waals surface area (Å²) in [5.41, 5.74) is 1.78. The predicted molar refractivity (Wildman–Crippen MR) is 123 cm³/mol. The van der Waals surface area contributed by atoms with Crippen LogP contribution in [0.4, 0.5) is 5.69 Å². The van der Waals surface area contributed by atoms with Crippen molar-refractivity contribution in [1.82, 2.24) is 10.1 Å². The van der Waals surface area contributed by atoms with Gasteiger partial charge in [-0.25, -0.2) is 9.88 Å². The highest BCUT2D eigenvalue weighted by Gasteiger charge is 2.45. The van der Waals surface area contributed by atoms with Crippen LogP contribution in [0.3, 0.4) is 0 Å². The van der Waals surface area contributed by atoms with Gasteiger partial charge in [0.25, 0.3) is 17.0 Å². The quantitative estimate of drug-likeness (QED) is 0.202. The molecule has 0 fully saturated rings. The molecule has 0 bridgehead atoms. The van der Waals surface area contributed by atoms with Crippen LogP contribution in [0, 0.1) is 0 Å². The monoisotopic (exact) mass is 578 g/mol. The second-order valence-electron chi connectivity index (χ2n) is 6.88. The van der Waals surface area contributed by atoms with Crippen LogP contribution in [0.2, 0.25) is 0 Å². The minimum absolute atomic E-state index is 0.228. The number of rotatable bonds is 3. The van der Waals surface area contributed by atoms with Gasteiger partial charge < -0.3 is 9.84 Å². The van der Waals surface area contributed by atoms with Gasteiger partial charge in [-0.05, 0) is 46.5 Å². The van der Waals surface area contributed by atoms with E-state index >= 15 is 0 Å². The highest BCUT2D eigenvalue weighted by atomic mass is 79.9. The number of nitrogens with zero attached hydrogens (tertiary/aromatic N) is 4. The Hall–Kier alpha value is -2.50. The minimum atomic E-state index is -0.901. The lowest BCUT2D eigenvalue weighted by molar-refractivity contribution is -0.764. The third-order valence-electron chi connectivity index (χ3n) is 4.80. The van der Waals surface area contributed by atoms with Gasteiger partial charge in [-0.15, -0.1) is 0 Å². The van der Waals surface area contributed by atoms with Crippen LogP contribution in [0.1, 0.15) is 25.6 Å². The minimum Gasteiger partial charge on any atom is -0.854 e. The van der Waals surface area contributed by atoms with Gasteiger partial charge in [0, 0.05) is 23.4 Å². The van der Waals surface area contributed by atoms with Crippen molar-refractivity contribution < 1.29 is 24.1 Å². The van der Waals surface area contributed by atoms with E-state index in [0.29, 0.717) is 25.8 Å². The van der Waals surface area contributed by atoms with Crippen molar-refractivity contribution in [1.29, 1.82) is 0 Å². The van der Waals surface area contributed by atoms with Crippen LogP contribution in [-0.4, -0.2) is 28.2 Å². The van der Waals surface area contributed by atoms with Crippen LogP contribution in [0.15, 0.2) is 50.5 Å². The third-order valence-corrected chi connectivity index (χ3v) is 6.38. The van der Waals surface area contributed by atoms with E-state index in [1.807, 2.05) is 0 Å². The van der Waals surface area contributed by atoms with Crippen LogP contribution in [0.25, 0.3) is 11.3 Å². The number of ether oxygens (including phenoxy) is 1. The van der Waals surface area contributed by atoms with Crippen LogP contribution in [-0.2, 0) is 9.59 Å². The van der Waals surface area contributed by atoms with E-state index in [1.54, 1.807) is 42.7 Å². The summed E-state index contributed by atoms with van der Waals surface area (Å²) in [7, 11) is 0. The number of hydrogen-bond acceptors (Lipinski definition) is 7. The molecular weight excluding hydrogens is 564 g/mol. The Morgan fingerprint density at radius 1 is 1.22 bits per heavy atom. The van der Waals surface area contributed by atoms with Crippen molar-refractivity contribution in [2.24, 2.45) is 0 Å². The first-order valence-electron chi connectivity index (χ1n) is 9.34. The summed E-state index contributed by atoms with van der Waals surface area (Å²) in [5, 5.41) is 17.9. The molecule has 32 heavy (non-hydrogen) atoms. The lowest BCUT2D eigenvalue weighted by Gasteiger charge is -2.33. The Labute approximate surface area is 204 Å². The number of halogens is 2. The number of benzene rings is 2. The zero-order chi connectivity index (χ0) is 23.2. The number of amides is 1. The zero-order valence-corrected chi connectivity index (χ0v) is 21.1. The van der Waals surface area contributed by atoms with E-state index in [2.05, 4.69) is 41.9 Å². The van der Waals surface area contributed by atoms with Crippen molar-refractivity contribution in [3.8, 4) is 22.9 Å². The Kier molecular flexibility index (Phi) is 6.24. The Bertz CT molecular complexity index is 1270. The van der Waals surface area contributed by atoms with Crippen molar-refractivity contribution in [3.05, 3.63) is 50.9 Å². The SMILES string of the molecule is CSc1nc([O-])c2[n+](n1)C(c1cc(Br)cc(Br)c1OC(C)=O)N(C(C)=O)c1ccccc1-2. The van der Waals surface area contributed by atoms with Gasteiger partial charge in [0.1, 0.15) is 0 Å². The first-order chi connectivity index (χ1) is 15.2. The summed E-state index contributed by atoms with van der Waals surface area (Å²) in [5.74, 6) is -1.04. The second-order valence-corrected chi connectivity index (χ2v) is 9.42. The first-order valence-corrected chi connectivity index (χ1v) is 12.2. The number of thioether (sulfide) groups is 1. The van der Waals surface area contributed by atoms with Crippen LogP contribution < -0.4 is 19.4 Å². The molecule has 0 aliphatic carbocycles. The lowest BCUT2D eigenvalue weighted by Crippen LogP contribution is -2.58. The van der Waals surface area contributed by atoms with Gasteiger partial charge in [-0.2, -0.15) is 0 Å². The van der Waals surface area contributed by atoms with E-state index in [0.717, 1.165) is 0 Å². The molecule has 4 rings (SSSR count).